The number of hydrogen-bond acceptors (Lipinski definition) is 5. The number of nitrogens with zero attached hydrogens (tertiary/aromatic N) is 3. The van der Waals surface area contributed by atoms with Crippen LogP contribution in [0.1, 0.15) is 29.2 Å². The second-order valence-corrected chi connectivity index (χ2v) is 11.9. The number of rotatable bonds is 6. The molecule has 1 aromatic heterocycles. The fourth-order valence-electron chi connectivity index (χ4n) is 7.27. The van der Waals surface area contributed by atoms with E-state index in [2.05, 4.69) is 10.2 Å². The molecule has 7 rings (SSSR count). The summed E-state index contributed by atoms with van der Waals surface area (Å²) in [4.78, 5) is 57.6. The van der Waals surface area contributed by atoms with Crippen molar-refractivity contribution in [2.24, 2.45) is 11.3 Å². The Morgan fingerprint density at radius 1 is 0.786 bits per heavy atom. The van der Waals surface area contributed by atoms with Crippen molar-refractivity contribution in [3.63, 3.8) is 0 Å². The number of pyridine rings is 1. The smallest absolute Gasteiger partial charge is 0.312 e. The highest BCUT2D eigenvalue weighted by Gasteiger charge is 2.55. The topological polar surface area (TPSA) is 91.7 Å². The van der Waals surface area contributed by atoms with Crippen molar-refractivity contribution in [3.8, 4) is 0 Å². The summed E-state index contributed by atoms with van der Waals surface area (Å²) in [6.07, 6.45) is 1.13. The molecule has 0 spiro atoms. The van der Waals surface area contributed by atoms with Gasteiger partial charge in [-0.15, -0.1) is 0 Å². The molecule has 3 aliphatic heterocycles. The van der Waals surface area contributed by atoms with Crippen LogP contribution in [0.4, 0.5) is 4.79 Å². The van der Waals surface area contributed by atoms with Gasteiger partial charge >= 0.3 is 6.03 Å². The van der Waals surface area contributed by atoms with Gasteiger partial charge in [0.15, 0.2) is 0 Å². The number of amides is 4. The van der Waals surface area contributed by atoms with Gasteiger partial charge < -0.3 is 9.47 Å². The number of carbonyl (C=O) groups excluding carboxylic acids is 3. The van der Waals surface area contributed by atoms with Gasteiger partial charge in [0, 0.05) is 43.9 Å². The van der Waals surface area contributed by atoms with Crippen molar-refractivity contribution in [1.82, 2.24) is 19.7 Å². The summed E-state index contributed by atoms with van der Waals surface area (Å²) in [6, 6.07) is 28.0. The third-order valence-electron chi connectivity index (χ3n) is 9.16. The van der Waals surface area contributed by atoms with E-state index in [1.165, 1.54) is 4.90 Å². The van der Waals surface area contributed by atoms with Gasteiger partial charge in [0.25, 0.3) is 5.56 Å². The van der Waals surface area contributed by atoms with Crippen LogP contribution in [0.5, 0.6) is 0 Å². The fourth-order valence-corrected chi connectivity index (χ4v) is 7.27. The van der Waals surface area contributed by atoms with E-state index in [9.17, 15) is 19.2 Å². The maximum Gasteiger partial charge on any atom is 0.331 e. The average Bonchev–Trinajstić information content (AvgIpc) is 2.99. The van der Waals surface area contributed by atoms with Gasteiger partial charge in [0.1, 0.15) is 5.41 Å². The molecule has 42 heavy (non-hydrogen) atoms. The van der Waals surface area contributed by atoms with Gasteiger partial charge in [-0.3, -0.25) is 24.6 Å². The molecule has 3 aliphatic rings. The number of fused-ring (bicyclic) bond motifs is 5. The zero-order valence-corrected chi connectivity index (χ0v) is 23.2. The molecule has 4 aromatic rings. The van der Waals surface area contributed by atoms with Crippen LogP contribution >= 0.6 is 0 Å². The second-order valence-electron chi connectivity index (χ2n) is 11.9. The van der Waals surface area contributed by atoms with E-state index >= 15 is 0 Å². The van der Waals surface area contributed by atoms with Gasteiger partial charge in [-0.25, -0.2) is 4.79 Å². The van der Waals surface area contributed by atoms with Crippen molar-refractivity contribution in [2.75, 3.05) is 19.6 Å². The number of piperidine rings is 1. The first-order valence-corrected chi connectivity index (χ1v) is 14.5. The molecule has 4 heterocycles. The fraction of sp³-hybridized carbons (Fsp3) is 0.294. The summed E-state index contributed by atoms with van der Waals surface area (Å²) < 4.78 is 1.88. The summed E-state index contributed by atoms with van der Waals surface area (Å²) in [7, 11) is 0. The van der Waals surface area contributed by atoms with E-state index in [0.29, 0.717) is 19.6 Å². The van der Waals surface area contributed by atoms with Crippen LogP contribution in [-0.2, 0) is 29.1 Å². The molecule has 212 valence electrons. The third kappa shape index (κ3) is 4.52. The highest BCUT2D eigenvalue weighted by Crippen LogP contribution is 2.39. The quantitative estimate of drug-likeness (QED) is 0.361. The molecule has 0 radical (unpaired) electrons. The molecule has 3 aromatic carbocycles. The van der Waals surface area contributed by atoms with Crippen molar-refractivity contribution < 1.29 is 14.4 Å². The summed E-state index contributed by atoms with van der Waals surface area (Å²) in [5.74, 6) is -0.665. The average molecular weight is 561 g/mol. The minimum Gasteiger partial charge on any atom is -0.312 e. The first-order chi connectivity index (χ1) is 20.4. The van der Waals surface area contributed by atoms with Crippen LogP contribution in [0.15, 0.2) is 95.8 Å². The lowest BCUT2D eigenvalue weighted by atomic mass is 9.75. The molecule has 2 saturated heterocycles. The number of aromatic nitrogens is 1. The highest BCUT2D eigenvalue weighted by atomic mass is 16.2. The number of barbiturate groups is 1. The van der Waals surface area contributed by atoms with Crippen LogP contribution in [0.2, 0.25) is 0 Å². The normalized spacial score (nSPS) is 24.0. The minimum atomic E-state index is -1.51. The van der Waals surface area contributed by atoms with Gasteiger partial charge in [-0.2, -0.15) is 0 Å². The molecule has 8 heteroatoms. The van der Waals surface area contributed by atoms with Crippen LogP contribution < -0.4 is 10.9 Å². The molecule has 2 bridgehead atoms. The largest absolute Gasteiger partial charge is 0.331 e. The van der Waals surface area contributed by atoms with Gasteiger partial charge in [-0.1, -0.05) is 78.9 Å². The Kier molecular flexibility index (Phi) is 6.50. The monoisotopic (exact) mass is 560 g/mol. The van der Waals surface area contributed by atoms with Crippen molar-refractivity contribution in [2.45, 2.75) is 31.8 Å². The summed E-state index contributed by atoms with van der Waals surface area (Å²) in [5, 5.41) is 4.57. The first-order valence-electron chi connectivity index (χ1n) is 14.5. The molecule has 3 atom stereocenters. The molecule has 0 unspecified atom stereocenters. The zero-order valence-electron chi connectivity index (χ0n) is 23.2. The Morgan fingerprint density at radius 2 is 1.55 bits per heavy atom. The third-order valence-corrected chi connectivity index (χ3v) is 9.16. The van der Waals surface area contributed by atoms with Gasteiger partial charge in [0.05, 0.1) is 6.54 Å². The first kappa shape index (κ1) is 26.3. The SMILES string of the molecule is O=C1NC(=O)[C@@](Cc2cccc3ccccc23)(CN2C[C@@H]3C[C@H](C2)c2cccc(=O)n2C3)C(=O)N1Cc1ccccc1. The molecule has 0 aliphatic carbocycles. The number of imide groups is 2. The van der Waals surface area contributed by atoms with E-state index in [-0.39, 0.29) is 36.9 Å². The van der Waals surface area contributed by atoms with Crippen molar-refractivity contribution >= 4 is 28.6 Å². The van der Waals surface area contributed by atoms with Crippen LogP contribution in [0.25, 0.3) is 10.8 Å². The van der Waals surface area contributed by atoms with E-state index in [1.807, 2.05) is 83.4 Å². The maximum absolute atomic E-state index is 14.5. The minimum absolute atomic E-state index is 0.0139. The summed E-state index contributed by atoms with van der Waals surface area (Å²) in [6.45, 7) is 2.18. The van der Waals surface area contributed by atoms with Gasteiger partial charge in [-0.05, 0) is 46.7 Å². The maximum atomic E-state index is 14.5. The van der Waals surface area contributed by atoms with E-state index in [0.717, 1.165) is 34.0 Å². The standard InChI is InChI=1S/C34H32N4O4/c39-30-15-7-14-29-27-16-24(20-37(29)30)18-36(21-27)22-34(17-26-12-6-11-25-10-4-5-13-28(25)26)31(40)35-33(42)38(32(34)41)19-23-8-2-1-3-9-23/h1-15,24,27H,16-22H2,(H,35,40,42)/t24-,27+,34+/m0/s1. The molecule has 4 amide bonds. The summed E-state index contributed by atoms with van der Waals surface area (Å²) in [5.41, 5.74) is 1.21. The Bertz CT molecular complexity index is 1760. The number of carbonyl (C=O) groups is 3. The van der Waals surface area contributed by atoms with Crippen molar-refractivity contribution in [1.29, 1.82) is 0 Å². The molecular formula is C34H32N4O4. The Balaban J connectivity index is 1.28. The molecule has 2 fully saturated rings. The lowest BCUT2D eigenvalue weighted by Gasteiger charge is -2.47. The van der Waals surface area contributed by atoms with E-state index in [1.54, 1.807) is 12.1 Å². The van der Waals surface area contributed by atoms with E-state index in [4.69, 9.17) is 0 Å². The predicted octanol–water partition coefficient (Wildman–Crippen LogP) is 3.93. The lowest BCUT2D eigenvalue weighted by molar-refractivity contribution is -0.154. The van der Waals surface area contributed by atoms with E-state index < -0.39 is 23.3 Å². The molecular weight excluding hydrogens is 528 g/mol. The summed E-state index contributed by atoms with van der Waals surface area (Å²) >= 11 is 0. The van der Waals surface area contributed by atoms with Crippen LogP contribution in [0.3, 0.4) is 0 Å². The van der Waals surface area contributed by atoms with Crippen LogP contribution in [-0.4, -0.2) is 51.8 Å². The zero-order chi connectivity index (χ0) is 28.8. The Morgan fingerprint density at radius 3 is 2.40 bits per heavy atom. The lowest BCUT2D eigenvalue weighted by Crippen LogP contribution is -2.67. The number of nitrogens with one attached hydrogen (secondary N) is 1. The predicted molar refractivity (Wildman–Crippen MR) is 159 cm³/mol. The number of urea groups is 1. The van der Waals surface area contributed by atoms with Gasteiger partial charge in [0.2, 0.25) is 11.8 Å². The number of likely N-dealkylation sites (tertiary alicyclic amines) is 1. The number of benzene rings is 3. The molecule has 1 N–H and O–H groups in total. The Hall–Kier alpha value is -4.56. The second kappa shape index (κ2) is 10.4. The number of hydrogen-bond donors (Lipinski definition) is 1. The van der Waals surface area contributed by atoms with Crippen LogP contribution in [0, 0.1) is 11.3 Å². The molecule has 0 saturated carbocycles. The highest BCUT2D eigenvalue weighted by molar-refractivity contribution is 6.19. The Labute approximate surface area is 243 Å². The molecule has 8 nitrogen and oxygen atoms in total. The van der Waals surface area contributed by atoms with Crippen molar-refractivity contribution in [3.05, 3.63) is 118 Å².